The Balaban J connectivity index is 1.76. The van der Waals surface area contributed by atoms with Crippen LogP contribution in [0.5, 0.6) is 5.88 Å². The summed E-state index contributed by atoms with van der Waals surface area (Å²) in [5.41, 5.74) is 1.03. The van der Waals surface area contributed by atoms with Crippen LogP contribution in [-0.2, 0) is 16.4 Å². The van der Waals surface area contributed by atoms with Crippen LogP contribution in [0, 0.1) is 0 Å². The Morgan fingerprint density at radius 2 is 2.07 bits per heavy atom. The van der Waals surface area contributed by atoms with E-state index in [-0.39, 0.29) is 11.8 Å². The second-order valence-corrected chi connectivity index (χ2v) is 9.53. The van der Waals surface area contributed by atoms with E-state index in [4.69, 9.17) is 4.74 Å². The van der Waals surface area contributed by atoms with Crippen LogP contribution in [0.4, 0.5) is 0 Å². The molecule has 1 aromatic heterocycles. The molecular formula is C19H32N4O3S. The first-order valence-electron chi connectivity index (χ1n) is 9.62. The van der Waals surface area contributed by atoms with Gasteiger partial charge in [-0.15, -0.1) is 0 Å². The molecule has 152 valence electrons. The van der Waals surface area contributed by atoms with Gasteiger partial charge in [0.2, 0.25) is 5.88 Å². The largest absolute Gasteiger partial charge is 0.474 e. The lowest BCUT2D eigenvalue weighted by molar-refractivity contribution is 0.148. The number of aliphatic imine (C=N–C) groups is 1. The van der Waals surface area contributed by atoms with E-state index >= 15 is 0 Å². The van der Waals surface area contributed by atoms with Crippen LogP contribution in [-0.4, -0.2) is 50.6 Å². The number of nitrogens with zero attached hydrogens (tertiary/aromatic N) is 2. The Hall–Kier alpha value is -1.83. The average Bonchev–Trinajstić information content (AvgIpc) is 2.65. The van der Waals surface area contributed by atoms with Gasteiger partial charge in [0.25, 0.3) is 0 Å². The fourth-order valence-corrected chi connectivity index (χ4v) is 3.80. The van der Waals surface area contributed by atoms with Gasteiger partial charge in [0.15, 0.2) is 5.96 Å². The highest BCUT2D eigenvalue weighted by molar-refractivity contribution is 7.90. The average molecular weight is 397 g/mol. The zero-order valence-corrected chi connectivity index (χ0v) is 17.4. The Bertz CT molecular complexity index is 698. The van der Waals surface area contributed by atoms with Crippen molar-refractivity contribution in [3.8, 4) is 5.88 Å². The van der Waals surface area contributed by atoms with E-state index in [1.807, 2.05) is 25.3 Å². The molecular weight excluding hydrogens is 364 g/mol. The quantitative estimate of drug-likeness (QED) is 0.517. The second kappa shape index (κ2) is 10.5. The van der Waals surface area contributed by atoms with Gasteiger partial charge in [-0.3, -0.25) is 4.99 Å². The second-order valence-electron chi connectivity index (χ2n) is 7.27. The molecule has 0 aromatic carbocycles. The van der Waals surface area contributed by atoms with Crippen molar-refractivity contribution in [3.63, 3.8) is 0 Å². The van der Waals surface area contributed by atoms with Gasteiger partial charge in [0, 0.05) is 38.2 Å². The Morgan fingerprint density at radius 1 is 1.33 bits per heavy atom. The van der Waals surface area contributed by atoms with Gasteiger partial charge in [0.05, 0.1) is 5.75 Å². The summed E-state index contributed by atoms with van der Waals surface area (Å²) in [7, 11) is -1.26. The Kier molecular flexibility index (Phi) is 8.34. The molecule has 1 aromatic rings. The first-order chi connectivity index (χ1) is 12.9. The fourth-order valence-electron chi connectivity index (χ4n) is 3.02. The lowest BCUT2D eigenvalue weighted by Gasteiger charge is -2.22. The van der Waals surface area contributed by atoms with Gasteiger partial charge < -0.3 is 15.4 Å². The molecule has 2 rings (SSSR count). The Labute approximate surface area is 162 Å². The van der Waals surface area contributed by atoms with Crippen LogP contribution < -0.4 is 15.4 Å². The SMILES string of the molecule is CN=C(NCc1ccc(OC2CCCCC2)nc1)NC(C)CCS(C)(=O)=O. The molecule has 0 bridgehead atoms. The summed E-state index contributed by atoms with van der Waals surface area (Å²) in [5, 5.41) is 6.43. The molecule has 1 unspecified atom stereocenters. The van der Waals surface area contributed by atoms with Crippen molar-refractivity contribution in [2.24, 2.45) is 4.99 Å². The highest BCUT2D eigenvalue weighted by Gasteiger charge is 2.15. The maximum Gasteiger partial charge on any atom is 0.213 e. The van der Waals surface area contributed by atoms with Crippen molar-refractivity contribution >= 4 is 15.8 Å². The lowest BCUT2D eigenvalue weighted by Crippen LogP contribution is -2.42. The number of rotatable bonds is 8. The molecule has 0 amide bonds. The van der Waals surface area contributed by atoms with Crippen molar-refractivity contribution in [1.29, 1.82) is 0 Å². The topological polar surface area (TPSA) is 92.7 Å². The van der Waals surface area contributed by atoms with E-state index in [0.29, 0.717) is 30.9 Å². The molecule has 0 spiro atoms. The summed E-state index contributed by atoms with van der Waals surface area (Å²) in [4.78, 5) is 8.59. The highest BCUT2D eigenvalue weighted by Crippen LogP contribution is 2.22. The maximum absolute atomic E-state index is 11.3. The third-order valence-electron chi connectivity index (χ3n) is 4.63. The molecule has 1 heterocycles. The van der Waals surface area contributed by atoms with E-state index in [9.17, 15) is 8.42 Å². The number of aromatic nitrogens is 1. The van der Waals surface area contributed by atoms with E-state index in [2.05, 4.69) is 20.6 Å². The molecule has 1 fully saturated rings. The van der Waals surface area contributed by atoms with Crippen LogP contribution >= 0.6 is 0 Å². The van der Waals surface area contributed by atoms with Crippen molar-refractivity contribution < 1.29 is 13.2 Å². The predicted molar refractivity (Wildman–Crippen MR) is 109 cm³/mol. The Morgan fingerprint density at radius 3 is 2.67 bits per heavy atom. The summed E-state index contributed by atoms with van der Waals surface area (Å²) in [6.07, 6.45) is 9.91. The minimum absolute atomic E-state index is 0.00955. The standard InChI is InChI=1S/C19H32N4O3S/c1-15(11-12-27(3,24)25)23-19(20-2)22-14-16-9-10-18(21-13-16)26-17-7-5-4-6-8-17/h9-10,13,15,17H,4-8,11-12,14H2,1-3H3,(H2,20,22,23). The molecule has 1 aliphatic rings. The first-order valence-corrected chi connectivity index (χ1v) is 11.7. The molecule has 0 saturated heterocycles. The third kappa shape index (κ3) is 8.60. The lowest BCUT2D eigenvalue weighted by atomic mass is 9.98. The molecule has 8 heteroatoms. The molecule has 1 saturated carbocycles. The minimum atomic E-state index is -2.95. The van der Waals surface area contributed by atoms with E-state index in [0.717, 1.165) is 18.4 Å². The van der Waals surface area contributed by atoms with E-state index in [1.54, 1.807) is 7.05 Å². The van der Waals surface area contributed by atoms with Crippen molar-refractivity contribution in [3.05, 3.63) is 23.9 Å². The minimum Gasteiger partial charge on any atom is -0.474 e. The molecule has 27 heavy (non-hydrogen) atoms. The van der Waals surface area contributed by atoms with Crippen LogP contribution in [0.1, 0.15) is 51.0 Å². The monoisotopic (exact) mass is 396 g/mol. The summed E-state index contributed by atoms with van der Waals surface area (Å²) in [5.74, 6) is 1.48. The van der Waals surface area contributed by atoms with Gasteiger partial charge >= 0.3 is 0 Å². The van der Waals surface area contributed by atoms with Crippen molar-refractivity contribution in [2.75, 3.05) is 19.1 Å². The van der Waals surface area contributed by atoms with Gasteiger partial charge in [-0.2, -0.15) is 0 Å². The van der Waals surface area contributed by atoms with E-state index in [1.165, 1.54) is 25.5 Å². The van der Waals surface area contributed by atoms with Crippen molar-refractivity contribution in [2.45, 2.75) is 64.1 Å². The molecule has 7 nitrogen and oxygen atoms in total. The normalized spacial score (nSPS) is 17.4. The van der Waals surface area contributed by atoms with Crippen LogP contribution in [0.15, 0.2) is 23.3 Å². The predicted octanol–water partition coefficient (Wildman–Crippen LogP) is 2.28. The van der Waals surface area contributed by atoms with E-state index < -0.39 is 9.84 Å². The van der Waals surface area contributed by atoms with Crippen LogP contribution in [0.25, 0.3) is 0 Å². The first kappa shape index (κ1) is 21.5. The number of nitrogens with one attached hydrogen (secondary N) is 2. The molecule has 1 aliphatic carbocycles. The zero-order chi connectivity index (χ0) is 19.7. The molecule has 0 aliphatic heterocycles. The summed E-state index contributed by atoms with van der Waals surface area (Å²) < 4.78 is 28.5. The van der Waals surface area contributed by atoms with Gasteiger partial charge in [-0.05, 0) is 44.6 Å². The van der Waals surface area contributed by atoms with Crippen LogP contribution in [0.2, 0.25) is 0 Å². The molecule has 0 radical (unpaired) electrons. The maximum atomic E-state index is 11.3. The number of ether oxygens (including phenoxy) is 1. The number of hydrogen-bond donors (Lipinski definition) is 2. The number of hydrogen-bond acceptors (Lipinski definition) is 5. The van der Waals surface area contributed by atoms with Gasteiger partial charge in [0.1, 0.15) is 15.9 Å². The van der Waals surface area contributed by atoms with Gasteiger partial charge in [-0.1, -0.05) is 12.5 Å². The summed E-state index contributed by atoms with van der Waals surface area (Å²) >= 11 is 0. The summed E-state index contributed by atoms with van der Waals surface area (Å²) in [6.45, 7) is 2.52. The van der Waals surface area contributed by atoms with Gasteiger partial charge in [-0.25, -0.2) is 13.4 Å². The molecule has 1 atom stereocenters. The zero-order valence-electron chi connectivity index (χ0n) is 16.6. The summed E-state index contributed by atoms with van der Waals surface area (Å²) in [6, 6.07) is 3.92. The fraction of sp³-hybridized carbons (Fsp3) is 0.684. The number of guanidine groups is 1. The smallest absolute Gasteiger partial charge is 0.213 e. The molecule has 2 N–H and O–H groups in total. The third-order valence-corrected chi connectivity index (χ3v) is 5.60. The van der Waals surface area contributed by atoms with Crippen molar-refractivity contribution in [1.82, 2.24) is 15.6 Å². The van der Waals surface area contributed by atoms with Crippen LogP contribution in [0.3, 0.4) is 0 Å². The number of sulfone groups is 1. The number of pyridine rings is 1. The highest BCUT2D eigenvalue weighted by atomic mass is 32.2.